The fourth-order valence-electron chi connectivity index (χ4n) is 1.03. The number of halogens is 3. The number of carbonyl (C=O) groups excluding carboxylic acids is 1. The molecule has 0 saturated heterocycles. The average Bonchev–Trinajstić information content (AvgIpc) is 2.14. The van der Waals surface area contributed by atoms with Crippen molar-refractivity contribution in [2.45, 2.75) is 9.07 Å². The van der Waals surface area contributed by atoms with Gasteiger partial charge in [0.05, 0.1) is 5.56 Å². The van der Waals surface area contributed by atoms with Crippen LogP contribution in [0.3, 0.4) is 0 Å². The molecule has 1 rings (SSSR count). The molecule has 0 aliphatic carbocycles. The lowest BCUT2D eigenvalue weighted by Gasteiger charge is -2.13. The minimum absolute atomic E-state index is 0.195. The largest absolute Gasteiger partial charge is 0.459 e. The average molecular weight is 401 g/mol. The van der Waals surface area contributed by atoms with Crippen LogP contribution in [0, 0.1) is 6.92 Å². The van der Waals surface area contributed by atoms with Crippen molar-refractivity contribution < 1.29 is 9.53 Å². The maximum absolute atomic E-state index is 11.6. The third kappa shape index (κ3) is 4.66. The highest BCUT2D eigenvalue weighted by atomic mass is 80.0. The molecule has 0 spiro atoms. The number of carbonyl (C=O) groups is 1. The number of esters is 1. The zero-order valence-electron chi connectivity index (χ0n) is 7.97. The van der Waals surface area contributed by atoms with Gasteiger partial charge >= 0.3 is 5.97 Å². The molecule has 0 N–H and O–H groups in total. The van der Waals surface area contributed by atoms with E-state index in [0.29, 0.717) is 5.56 Å². The van der Waals surface area contributed by atoms with E-state index in [0.717, 1.165) is 5.56 Å². The molecule has 15 heavy (non-hydrogen) atoms. The summed E-state index contributed by atoms with van der Waals surface area (Å²) in [5.74, 6) is -0.323. The molecule has 0 aromatic heterocycles. The summed E-state index contributed by atoms with van der Waals surface area (Å²) in [6.45, 7) is 2.07. The summed E-state index contributed by atoms with van der Waals surface area (Å²) in [6, 6.07) is 7.32. The van der Waals surface area contributed by atoms with E-state index in [1.54, 1.807) is 6.07 Å². The molecule has 0 unspecified atom stereocenters. The Morgan fingerprint density at radius 1 is 1.33 bits per heavy atom. The Morgan fingerprint density at radius 2 is 1.93 bits per heavy atom. The molecule has 0 saturated carbocycles. The van der Waals surface area contributed by atoms with Gasteiger partial charge in [-0.3, -0.25) is 0 Å². The van der Waals surface area contributed by atoms with Gasteiger partial charge in [0.15, 0.2) is 2.14 Å². The second kappa shape index (κ2) is 5.46. The number of rotatable bonds is 2. The number of ether oxygens (including phenoxy) is 1. The highest BCUT2D eigenvalue weighted by Gasteiger charge is 2.21. The van der Waals surface area contributed by atoms with Gasteiger partial charge in [0.2, 0.25) is 0 Å². The molecule has 82 valence electrons. The lowest BCUT2D eigenvalue weighted by molar-refractivity contribution is 0.0520. The van der Waals surface area contributed by atoms with Crippen molar-refractivity contribution in [2.75, 3.05) is 6.61 Å². The highest BCUT2D eigenvalue weighted by Crippen LogP contribution is 2.33. The van der Waals surface area contributed by atoms with Crippen LogP contribution >= 0.6 is 47.8 Å². The summed E-state index contributed by atoms with van der Waals surface area (Å²) in [5, 5.41) is 0. The molecule has 0 aliphatic rings. The van der Waals surface area contributed by atoms with Crippen molar-refractivity contribution in [3.63, 3.8) is 0 Å². The quantitative estimate of drug-likeness (QED) is 0.554. The maximum Gasteiger partial charge on any atom is 0.338 e. The standard InChI is InChI=1S/C10H9Br3O2/c1-7-4-2-3-5-8(7)9(14)15-6-10(11,12)13/h2-5H,6H2,1H3. The molecular weight excluding hydrogens is 392 g/mol. The number of alkyl halides is 3. The van der Waals surface area contributed by atoms with Gasteiger partial charge in [-0.15, -0.1) is 0 Å². The lowest BCUT2D eigenvalue weighted by atomic mass is 10.1. The van der Waals surface area contributed by atoms with Gasteiger partial charge in [0.25, 0.3) is 0 Å². The van der Waals surface area contributed by atoms with Gasteiger partial charge in [-0.1, -0.05) is 66.0 Å². The summed E-state index contributed by atoms with van der Waals surface area (Å²) in [4.78, 5) is 11.6. The lowest BCUT2D eigenvalue weighted by Crippen LogP contribution is -2.16. The van der Waals surface area contributed by atoms with Gasteiger partial charge in [-0.05, 0) is 18.6 Å². The van der Waals surface area contributed by atoms with Gasteiger partial charge < -0.3 is 4.74 Å². The number of aryl methyl sites for hydroxylation is 1. The van der Waals surface area contributed by atoms with Gasteiger partial charge in [0, 0.05) is 0 Å². The summed E-state index contributed by atoms with van der Waals surface area (Å²) < 4.78 is 4.54. The van der Waals surface area contributed by atoms with E-state index in [1.807, 2.05) is 25.1 Å². The van der Waals surface area contributed by atoms with Crippen molar-refractivity contribution in [1.82, 2.24) is 0 Å². The maximum atomic E-state index is 11.6. The molecular formula is C10H9Br3O2. The number of benzene rings is 1. The van der Waals surface area contributed by atoms with Crippen LogP contribution in [-0.4, -0.2) is 14.7 Å². The second-order valence-corrected chi connectivity index (χ2v) is 10.3. The minimum atomic E-state index is -0.550. The Hall–Kier alpha value is 0.130. The van der Waals surface area contributed by atoms with E-state index in [-0.39, 0.29) is 12.6 Å². The smallest absolute Gasteiger partial charge is 0.338 e. The predicted molar refractivity (Wildman–Crippen MR) is 71.0 cm³/mol. The number of hydrogen-bond donors (Lipinski definition) is 0. The Labute approximate surface area is 114 Å². The van der Waals surface area contributed by atoms with E-state index in [2.05, 4.69) is 47.8 Å². The van der Waals surface area contributed by atoms with Gasteiger partial charge in [-0.25, -0.2) is 4.79 Å². The SMILES string of the molecule is Cc1ccccc1C(=O)OCC(Br)(Br)Br. The summed E-state index contributed by atoms with van der Waals surface area (Å²) in [7, 11) is 0. The van der Waals surface area contributed by atoms with E-state index in [1.165, 1.54) is 0 Å². The van der Waals surface area contributed by atoms with Crippen LogP contribution in [0.4, 0.5) is 0 Å². The zero-order valence-corrected chi connectivity index (χ0v) is 12.7. The predicted octanol–water partition coefficient (Wildman–Crippen LogP) is 3.99. The topological polar surface area (TPSA) is 26.3 Å². The van der Waals surface area contributed by atoms with Crippen LogP contribution in [0.5, 0.6) is 0 Å². The molecule has 0 fully saturated rings. The summed E-state index contributed by atoms with van der Waals surface area (Å²) >= 11 is 9.76. The fraction of sp³-hybridized carbons (Fsp3) is 0.300. The Kier molecular flexibility index (Phi) is 4.80. The van der Waals surface area contributed by atoms with E-state index in [9.17, 15) is 4.79 Å². The molecule has 0 aliphatic heterocycles. The molecule has 1 aromatic carbocycles. The summed E-state index contributed by atoms with van der Waals surface area (Å²) in [5.41, 5.74) is 1.50. The van der Waals surface area contributed by atoms with Crippen LogP contribution in [0.1, 0.15) is 15.9 Å². The van der Waals surface area contributed by atoms with Crippen LogP contribution in [-0.2, 0) is 4.74 Å². The highest BCUT2D eigenvalue weighted by molar-refractivity contribution is 9.39. The third-order valence-corrected chi connectivity index (χ3v) is 2.42. The van der Waals surface area contributed by atoms with Crippen LogP contribution < -0.4 is 0 Å². The third-order valence-electron chi connectivity index (χ3n) is 1.73. The Morgan fingerprint density at radius 3 is 2.47 bits per heavy atom. The molecule has 5 heteroatoms. The molecule has 0 atom stereocenters. The molecule has 0 amide bonds. The summed E-state index contributed by atoms with van der Waals surface area (Å²) in [6.07, 6.45) is 0. The second-order valence-electron chi connectivity index (χ2n) is 3.01. The van der Waals surface area contributed by atoms with Crippen molar-refractivity contribution in [1.29, 1.82) is 0 Å². The molecule has 0 heterocycles. The fourth-order valence-corrected chi connectivity index (χ4v) is 1.37. The first kappa shape index (κ1) is 13.2. The van der Waals surface area contributed by atoms with E-state index >= 15 is 0 Å². The molecule has 2 nitrogen and oxygen atoms in total. The van der Waals surface area contributed by atoms with Crippen molar-refractivity contribution in [3.8, 4) is 0 Å². The Balaban J connectivity index is 2.66. The zero-order chi connectivity index (χ0) is 11.5. The van der Waals surface area contributed by atoms with Crippen molar-refractivity contribution >= 4 is 53.8 Å². The first-order valence-corrected chi connectivity index (χ1v) is 6.57. The molecule has 0 radical (unpaired) electrons. The first-order valence-electron chi connectivity index (χ1n) is 4.19. The minimum Gasteiger partial charge on any atom is -0.459 e. The van der Waals surface area contributed by atoms with E-state index in [4.69, 9.17) is 4.74 Å². The van der Waals surface area contributed by atoms with Crippen molar-refractivity contribution in [2.24, 2.45) is 0 Å². The van der Waals surface area contributed by atoms with Crippen molar-refractivity contribution in [3.05, 3.63) is 35.4 Å². The molecule has 1 aromatic rings. The van der Waals surface area contributed by atoms with Crippen LogP contribution in [0.25, 0.3) is 0 Å². The first-order chi connectivity index (χ1) is 6.90. The normalized spacial score (nSPS) is 11.2. The monoisotopic (exact) mass is 398 g/mol. The Bertz CT molecular complexity index is 358. The molecule has 0 bridgehead atoms. The van der Waals surface area contributed by atoms with Crippen LogP contribution in [0.15, 0.2) is 24.3 Å². The van der Waals surface area contributed by atoms with Crippen LogP contribution in [0.2, 0.25) is 0 Å². The van der Waals surface area contributed by atoms with Gasteiger partial charge in [-0.2, -0.15) is 0 Å². The number of hydrogen-bond acceptors (Lipinski definition) is 2. The van der Waals surface area contributed by atoms with Gasteiger partial charge in [0.1, 0.15) is 6.61 Å². The van der Waals surface area contributed by atoms with E-state index < -0.39 is 2.14 Å².